The Morgan fingerprint density at radius 1 is 1.13 bits per heavy atom. The lowest BCUT2D eigenvalue weighted by molar-refractivity contribution is -0.112. The van der Waals surface area contributed by atoms with Crippen LogP contribution in [0.25, 0.3) is 17.0 Å². The van der Waals surface area contributed by atoms with Gasteiger partial charge in [0.15, 0.2) is 0 Å². The predicted molar refractivity (Wildman–Crippen MR) is 88.2 cm³/mol. The molecule has 0 radical (unpaired) electrons. The maximum Gasteiger partial charge on any atom is 0.266 e. The number of nitrogens with zero attached hydrogens (tertiary/aromatic N) is 3. The number of aromatic nitrogens is 2. The summed E-state index contributed by atoms with van der Waals surface area (Å²) in [5.41, 5.74) is 2.14. The van der Waals surface area contributed by atoms with Crippen LogP contribution in [0.4, 0.5) is 5.69 Å². The molecule has 0 aliphatic rings. The number of nitrogens with one attached hydrogen (secondary N) is 1. The highest BCUT2D eigenvalue weighted by Crippen LogP contribution is 2.19. The van der Waals surface area contributed by atoms with Crippen LogP contribution >= 0.6 is 0 Å². The number of carbonyl (C=O) groups is 1. The van der Waals surface area contributed by atoms with Gasteiger partial charge < -0.3 is 5.32 Å². The molecule has 0 spiro atoms. The number of para-hydroxylation sites is 1. The van der Waals surface area contributed by atoms with Crippen LogP contribution in [0.2, 0.25) is 0 Å². The zero-order chi connectivity index (χ0) is 16.1. The number of pyridine rings is 2. The third-order valence-electron chi connectivity index (χ3n) is 3.27. The molecular formula is C18H12N4O. The monoisotopic (exact) mass is 300 g/mol. The van der Waals surface area contributed by atoms with E-state index < -0.39 is 5.91 Å². The number of hydrogen-bond donors (Lipinski definition) is 1. The summed E-state index contributed by atoms with van der Waals surface area (Å²) in [5, 5.41) is 12.8. The van der Waals surface area contributed by atoms with Crippen molar-refractivity contribution in [2.75, 3.05) is 5.32 Å². The highest BCUT2D eigenvalue weighted by molar-refractivity contribution is 6.10. The molecule has 110 valence electrons. The highest BCUT2D eigenvalue weighted by Gasteiger charge is 2.10. The molecule has 0 saturated heterocycles. The molecule has 1 aromatic carbocycles. The maximum atomic E-state index is 12.2. The number of anilines is 1. The fourth-order valence-corrected chi connectivity index (χ4v) is 2.18. The van der Waals surface area contributed by atoms with Crippen LogP contribution in [0, 0.1) is 11.3 Å². The van der Waals surface area contributed by atoms with Gasteiger partial charge in [0.25, 0.3) is 5.91 Å². The Kier molecular flexibility index (Phi) is 4.07. The van der Waals surface area contributed by atoms with E-state index in [1.807, 2.05) is 30.3 Å². The van der Waals surface area contributed by atoms with Gasteiger partial charge in [0, 0.05) is 17.8 Å². The van der Waals surface area contributed by atoms with E-state index in [4.69, 9.17) is 0 Å². The van der Waals surface area contributed by atoms with Gasteiger partial charge in [-0.15, -0.1) is 0 Å². The Balaban J connectivity index is 1.95. The van der Waals surface area contributed by atoms with Crippen molar-refractivity contribution in [1.82, 2.24) is 9.97 Å². The van der Waals surface area contributed by atoms with Gasteiger partial charge in [-0.25, -0.2) is 0 Å². The topological polar surface area (TPSA) is 78.7 Å². The van der Waals surface area contributed by atoms with Gasteiger partial charge in [-0.05, 0) is 35.9 Å². The minimum Gasteiger partial charge on any atom is -0.320 e. The van der Waals surface area contributed by atoms with Crippen LogP contribution in [-0.4, -0.2) is 15.9 Å². The summed E-state index contributed by atoms with van der Waals surface area (Å²) in [6, 6.07) is 14.7. The van der Waals surface area contributed by atoms with Crippen molar-refractivity contribution in [1.29, 1.82) is 5.26 Å². The largest absolute Gasteiger partial charge is 0.320 e. The fraction of sp³-hybridized carbons (Fsp3) is 0. The van der Waals surface area contributed by atoms with Crippen LogP contribution in [0.1, 0.15) is 5.56 Å². The Morgan fingerprint density at radius 3 is 2.78 bits per heavy atom. The molecule has 0 unspecified atom stereocenters. The number of nitriles is 1. The van der Waals surface area contributed by atoms with E-state index in [-0.39, 0.29) is 5.57 Å². The molecule has 2 aromatic heterocycles. The molecule has 0 aliphatic heterocycles. The number of benzene rings is 1. The molecule has 0 fully saturated rings. The van der Waals surface area contributed by atoms with Crippen LogP contribution in [0.5, 0.6) is 0 Å². The molecule has 5 nitrogen and oxygen atoms in total. The molecule has 1 amide bonds. The molecule has 0 bridgehead atoms. The van der Waals surface area contributed by atoms with Crippen molar-refractivity contribution in [2.24, 2.45) is 0 Å². The standard InChI is InChI=1S/C18H12N4O/c19-11-14(18(23)22-15-4-3-8-20-12-15)10-13-7-9-21-17-6-2-1-5-16(13)17/h1-10,12H,(H,22,23). The first-order valence-electron chi connectivity index (χ1n) is 6.95. The van der Waals surface area contributed by atoms with Crippen LogP contribution in [0.3, 0.4) is 0 Å². The van der Waals surface area contributed by atoms with E-state index in [9.17, 15) is 10.1 Å². The van der Waals surface area contributed by atoms with Gasteiger partial charge in [0.2, 0.25) is 0 Å². The minimum atomic E-state index is -0.471. The maximum absolute atomic E-state index is 12.2. The quantitative estimate of drug-likeness (QED) is 0.595. The number of hydrogen-bond acceptors (Lipinski definition) is 4. The predicted octanol–water partition coefficient (Wildman–Crippen LogP) is 3.18. The first-order chi connectivity index (χ1) is 11.3. The van der Waals surface area contributed by atoms with Crippen LogP contribution < -0.4 is 5.32 Å². The normalized spacial score (nSPS) is 11.0. The second-order valence-corrected chi connectivity index (χ2v) is 4.78. The van der Waals surface area contributed by atoms with E-state index in [1.54, 1.807) is 36.7 Å². The smallest absolute Gasteiger partial charge is 0.266 e. The Labute approximate surface area is 132 Å². The van der Waals surface area contributed by atoms with Crippen molar-refractivity contribution in [3.05, 3.63) is 72.2 Å². The Bertz CT molecular complexity index is 921. The van der Waals surface area contributed by atoms with Crippen molar-refractivity contribution in [3.8, 4) is 6.07 Å². The number of fused-ring (bicyclic) bond motifs is 1. The van der Waals surface area contributed by atoms with E-state index in [1.165, 1.54) is 6.20 Å². The summed E-state index contributed by atoms with van der Waals surface area (Å²) in [7, 11) is 0. The van der Waals surface area contributed by atoms with Gasteiger partial charge in [-0.3, -0.25) is 14.8 Å². The van der Waals surface area contributed by atoms with Gasteiger partial charge in [0.1, 0.15) is 11.6 Å². The third kappa shape index (κ3) is 3.22. The average molecular weight is 300 g/mol. The zero-order valence-corrected chi connectivity index (χ0v) is 12.1. The molecule has 3 aromatic rings. The summed E-state index contributed by atoms with van der Waals surface area (Å²) in [4.78, 5) is 20.4. The molecule has 0 saturated carbocycles. The van der Waals surface area contributed by atoms with Crippen molar-refractivity contribution in [3.63, 3.8) is 0 Å². The van der Waals surface area contributed by atoms with E-state index >= 15 is 0 Å². The van der Waals surface area contributed by atoms with Crippen molar-refractivity contribution < 1.29 is 4.79 Å². The number of carbonyl (C=O) groups excluding carboxylic acids is 1. The second kappa shape index (κ2) is 6.50. The molecule has 5 heteroatoms. The second-order valence-electron chi connectivity index (χ2n) is 4.78. The Hall–Kier alpha value is -3.52. The summed E-state index contributed by atoms with van der Waals surface area (Å²) < 4.78 is 0. The average Bonchev–Trinajstić information content (AvgIpc) is 2.60. The molecular weight excluding hydrogens is 288 g/mol. The van der Waals surface area contributed by atoms with Gasteiger partial charge in [0.05, 0.1) is 17.4 Å². The number of rotatable bonds is 3. The fourth-order valence-electron chi connectivity index (χ4n) is 2.18. The SMILES string of the molecule is N#CC(=Cc1ccnc2ccccc12)C(=O)Nc1cccnc1. The van der Waals surface area contributed by atoms with E-state index in [0.717, 1.165) is 16.5 Å². The first-order valence-corrected chi connectivity index (χ1v) is 6.95. The van der Waals surface area contributed by atoms with Crippen molar-refractivity contribution in [2.45, 2.75) is 0 Å². The van der Waals surface area contributed by atoms with Gasteiger partial charge in [-0.2, -0.15) is 5.26 Å². The van der Waals surface area contributed by atoms with Crippen molar-refractivity contribution >= 4 is 28.6 Å². The molecule has 23 heavy (non-hydrogen) atoms. The van der Waals surface area contributed by atoms with Crippen LogP contribution in [0.15, 0.2) is 66.6 Å². The summed E-state index contributed by atoms with van der Waals surface area (Å²) in [6.45, 7) is 0. The van der Waals surface area contributed by atoms with Gasteiger partial charge in [-0.1, -0.05) is 18.2 Å². The van der Waals surface area contributed by atoms with E-state index in [2.05, 4.69) is 15.3 Å². The summed E-state index contributed by atoms with van der Waals surface area (Å²) in [5.74, 6) is -0.471. The Morgan fingerprint density at radius 2 is 2.00 bits per heavy atom. The molecule has 1 N–H and O–H groups in total. The lowest BCUT2D eigenvalue weighted by Gasteiger charge is -2.05. The molecule has 2 heterocycles. The molecule has 0 atom stereocenters. The van der Waals surface area contributed by atoms with E-state index in [0.29, 0.717) is 5.69 Å². The molecule has 3 rings (SSSR count). The van der Waals surface area contributed by atoms with Gasteiger partial charge >= 0.3 is 0 Å². The lowest BCUT2D eigenvalue weighted by Crippen LogP contribution is -2.13. The minimum absolute atomic E-state index is 0.0187. The van der Waals surface area contributed by atoms with Crippen LogP contribution in [-0.2, 0) is 4.79 Å². The summed E-state index contributed by atoms with van der Waals surface area (Å²) in [6.07, 6.45) is 6.35. The number of amides is 1. The summed E-state index contributed by atoms with van der Waals surface area (Å²) >= 11 is 0. The third-order valence-corrected chi connectivity index (χ3v) is 3.27. The molecule has 0 aliphatic carbocycles. The lowest BCUT2D eigenvalue weighted by atomic mass is 10.1. The first kappa shape index (κ1) is 14.4. The zero-order valence-electron chi connectivity index (χ0n) is 12.1. The highest BCUT2D eigenvalue weighted by atomic mass is 16.1.